The van der Waals surface area contributed by atoms with Crippen LogP contribution in [0.1, 0.15) is 79.9 Å². The van der Waals surface area contributed by atoms with Crippen molar-refractivity contribution in [2.75, 3.05) is 7.05 Å². The molecule has 2 N–H and O–H groups in total. The molecule has 0 aromatic heterocycles. The first-order chi connectivity index (χ1) is 19.0. The van der Waals surface area contributed by atoms with Crippen LogP contribution in [0.2, 0.25) is 0 Å². The summed E-state index contributed by atoms with van der Waals surface area (Å²) in [6.07, 6.45) is 1.03. The highest BCUT2D eigenvalue weighted by Gasteiger charge is 2.42. The maximum atomic E-state index is 14.3. The van der Waals surface area contributed by atoms with Crippen LogP contribution in [-0.2, 0) is 26.2 Å². The van der Waals surface area contributed by atoms with Gasteiger partial charge in [-0.25, -0.2) is 4.79 Å². The Kier molecular flexibility index (Phi) is 11.5. The number of carbonyl (C=O) groups is 3. The molecule has 2 rings (SSSR count). The number of rotatable bonds is 12. The highest BCUT2D eigenvalue weighted by atomic mass is 16.4. The number of amides is 2. The van der Waals surface area contributed by atoms with E-state index in [-0.39, 0.29) is 23.3 Å². The second-order valence-corrected chi connectivity index (χ2v) is 13.1. The van der Waals surface area contributed by atoms with Crippen molar-refractivity contribution in [2.24, 2.45) is 17.3 Å². The highest BCUT2D eigenvalue weighted by Crippen LogP contribution is 2.35. The summed E-state index contributed by atoms with van der Waals surface area (Å²) >= 11 is 0. The topological polar surface area (TPSA) is 86.7 Å². The first-order valence-electron chi connectivity index (χ1n) is 14.6. The summed E-state index contributed by atoms with van der Waals surface area (Å²) in [7, 11) is 1.72. The van der Waals surface area contributed by atoms with Gasteiger partial charge >= 0.3 is 5.97 Å². The van der Waals surface area contributed by atoms with E-state index in [0.29, 0.717) is 12.8 Å². The van der Waals surface area contributed by atoms with Gasteiger partial charge in [0, 0.05) is 18.0 Å². The molecule has 0 radical (unpaired) electrons. The molecule has 0 aliphatic rings. The molecule has 1 unspecified atom stereocenters. The van der Waals surface area contributed by atoms with E-state index in [0.717, 1.165) is 16.7 Å². The third-order valence-electron chi connectivity index (χ3n) is 8.32. The smallest absolute Gasteiger partial charge is 0.331 e. The van der Waals surface area contributed by atoms with Gasteiger partial charge in [-0.3, -0.25) is 9.59 Å². The van der Waals surface area contributed by atoms with E-state index in [1.54, 1.807) is 18.9 Å². The minimum Gasteiger partial charge on any atom is -0.478 e. The Morgan fingerprint density at radius 3 is 1.85 bits per heavy atom. The minimum atomic E-state index is -0.985. The molecule has 0 saturated heterocycles. The predicted octanol–water partition coefficient (Wildman–Crippen LogP) is 6.65. The molecule has 2 aromatic rings. The monoisotopic (exact) mass is 562 g/mol. The van der Waals surface area contributed by atoms with Crippen LogP contribution in [0.4, 0.5) is 0 Å². The van der Waals surface area contributed by atoms with E-state index in [1.807, 2.05) is 102 Å². The van der Waals surface area contributed by atoms with Gasteiger partial charge in [-0.2, -0.15) is 0 Å². The molecule has 224 valence electrons. The summed E-state index contributed by atoms with van der Waals surface area (Å²) in [5.74, 6) is -1.87. The Hall–Kier alpha value is -3.41. The van der Waals surface area contributed by atoms with Crippen LogP contribution in [0.5, 0.6) is 0 Å². The van der Waals surface area contributed by atoms with E-state index in [1.165, 1.54) is 0 Å². The standard InChI is InChI=1S/C35H50N2O4/c1-11-27(24(4)33(40)41)29(23(2)3)37(10)32(39)30(34(5,6)7)36-31(38)28(22-25-18-14-12-15-19-25)35(8,9)26-20-16-13-17-21-26/h12-21,23,28-30H,11,22H2,1-10H3,(H,36,38)(H,40,41)/t28?,29-,30+/m0/s1. The van der Waals surface area contributed by atoms with Crippen LogP contribution in [0.25, 0.3) is 0 Å². The Balaban J connectivity index is 2.53. The van der Waals surface area contributed by atoms with Crippen molar-refractivity contribution < 1.29 is 19.5 Å². The number of aliphatic carboxylic acids is 1. The number of likely N-dealkylation sites (N-methyl/N-ethyl adjacent to an activating group) is 1. The van der Waals surface area contributed by atoms with Gasteiger partial charge in [0.05, 0.1) is 12.0 Å². The van der Waals surface area contributed by atoms with Gasteiger partial charge in [0.2, 0.25) is 11.8 Å². The lowest BCUT2D eigenvalue weighted by Gasteiger charge is -2.41. The summed E-state index contributed by atoms with van der Waals surface area (Å²) < 4.78 is 0. The van der Waals surface area contributed by atoms with Crippen molar-refractivity contribution >= 4 is 17.8 Å². The Morgan fingerprint density at radius 2 is 1.41 bits per heavy atom. The molecule has 6 heteroatoms. The van der Waals surface area contributed by atoms with E-state index in [9.17, 15) is 19.5 Å². The number of carboxylic acids is 1. The van der Waals surface area contributed by atoms with Crippen molar-refractivity contribution in [3.8, 4) is 0 Å². The second-order valence-electron chi connectivity index (χ2n) is 13.1. The summed E-state index contributed by atoms with van der Waals surface area (Å²) in [6, 6.07) is 18.7. The van der Waals surface area contributed by atoms with E-state index >= 15 is 0 Å². The molecule has 2 aromatic carbocycles. The fourth-order valence-corrected chi connectivity index (χ4v) is 5.74. The molecule has 41 heavy (non-hydrogen) atoms. The van der Waals surface area contributed by atoms with Gasteiger partial charge in [-0.1, -0.05) is 116 Å². The summed E-state index contributed by atoms with van der Waals surface area (Å²) in [5, 5.41) is 12.9. The fourth-order valence-electron chi connectivity index (χ4n) is 5.74. The zero-order valence-electron chi connectivity index (χ0n) is 26.6. The number of nitrogens with zero attached hydrogens (tertiary/aromatic N) is 1. The number of hydrogen-bond donors (Lipinski definition) is 2. The molecule has 0 saturated carbocycles. The quantitative estimate of drug-likeness (QED) is 0.284. The molecule has 0 heterocycles. The predicted molar refractivity (Wildman–Crippen MR) is 167 cm³/mol. The minimum absolute atomic E-state index is 0.0210. The lowest BCUT2D eigenvalue weighted by atomic mass is 9.70. The van der Waals surface area contributed by atoms with Crippen molar-refractivity contribution in [3.05, 3.63) is 82.9 Å². The van der Waals surface area contributed by atoms with E-state index < -0.39 is 34.8 Å². The van der Waals surface area contributed by atoms with E-state index in [2.05, 4.69) is 19.2 Å². The molecule has 2 amide bonds. The van der Waals surface area contributed by atoms with Crippen LogP contribution in [0.15, 0.2) is 71.8 Å². The number of hydrogen-bond acceptors (Lipinski definition) is 3. The fraction of sp³-hybridized carbons (Fsp3) is 0.514. The number of benzene rings is 2. The van der Waals surface area contributed by atoms with Gasteiger partial charge in [-0.15, -0.1) is 0 Å². The number of carboxylic acid groups (broad SMARTS) is 1. The first-order valence-corrected chi connectivity index (χ1v) is 14.6. The lowest BCUT2D eigenvalue weighted by molar-refractivity contribution is -0.142. The van der Waals surface area contributed by atoms with Crippen LogP contribution >= 0.6 is 0 Å². The van der Waals surface area contributed by atoms with Gasteiger partial charge in [0.25, 0.3) is 0 Å². The van der Waals surface area contributed by atoms with Gasteiger partial charge in [0.1, 0.15) is 6.04 Å². The molecule has 0 aliphatic heterocycles. The lowest BCUT2D eigenvalue weighted by Crippen LogP contribution is -2.59. The first kappa shape index (κ1) is 33.8. The van der Waals surface area contributed by atoms with Crippen LogP contribution < -0.4 is 5.32 Å². The highest BCUT2D eigenvalue weighted by molar-refractivity contribution is 5.91. The third kappa shape index (κ3) is 8.31. The van der Waals surface area contributed by atoms with Crippen LogP contribution in [-0.4, -0.2) is 46.9 Å². The molecule has 0 bridgehead atoms. The van der Waals surface area contributed by atoms with Gasteiger partial charge in [-0.05, 0) is 47.8 Å². The Bertz CT molecular complexity index is 1210. The average Bonchev–Trinajstić information content (AvgIpc) is 2.92. The maximum Gasteiger partial charge on any atom is 0.331 e. The number of carbonyl (C=O) groups excluding carboxylic acids is 2. The Morgan fingerprint density at radius 1 is 0.902 bits per heavy atom. The van der Waals surface area contributed by atoms with Crippen molar-refractivity contribution in [2.45, 2.75) is 92.7 Å². The normalized spacial score (nSPS) is 15.0. The number of nitrogens with one attached hydrogen (secondary N) is 1. The molecule has 0 aliphatic carbocycles. The largest absolute Gasteiger partial charge is 0.478 e. The zero-order chi connectivity index (χ0) is 31.1. The molecular weight excluding hydrogens is 512 g/mol. The summed E-state index contributed by atoms with van der Waals surface area (Å²) in [4.78, 5) is 42.0. The third-order valence-corrected chi connectivity index (χ3v) is 8.32. The Labute approximate surface area is 247 Å². The van der Waals surface area contributed by atoms with Crippen molar-refractivity contribution in [1.29, 1.82) is 0 Å². The second kappa shape index (κ2) is 14.0. The maximum absolute atomic E-state index is 14.3. The molecule has 6 nitrogen and oxygen atoms in total. The molecule has 0 spiro atoms. The van der Waals surface area contributed by atoms with Gasteiger partial charge in [0.15, 0.2) is 0 Å². The van der Waals surface area contributed by atoms with Crippen molar-refractivity contribution in [1.82, 2.24) is 10.2 Å². The SMILES string of the molecule is CCC(=C(C)C(=O)O)[C@H](C(C)C)N(C)C(=O)[C@@H](NC(=O)C(Cc1ccccc1)C(C)(C)c1ccccc1)C(C)(C)C. The molecular formula is C35H50N2O4. The summed E-state index contributed by atoms with van der Waals surface area (Å²) in [6.45, 7) is 17.5. The van der Waals surface area contributed by atoms with E-state index in [4.69, 9.17) is 0 Å². The summed E-state index contributed by atoms with van der Waals surface area (Å²) in [5.41, 5.74) is 1.97. The van der Waals surface area contributed by atoms with Crippen LogP contribution in [0, 0.1) is 17.3 Å². The average molecular weight is 563 g/mol. The zero-order valence-corrected chi connectivity index (χ0v) is 26.6. The molecule has 0 fully saturated rings. The van der Waals surface area contributed by atoms with Crippen molar-refractivity contribution in [3.63, 3.8) is 0 Å². The molecule has 3 atom stereocenters. The van der Waals surface area contributed by atoms with Crippen LogP contribution in [0.3, 0.4) is 0 Å². The van der Waals surface area contributed by atoms with Gasteiger partial charge < -0.3 is 15.3 Å².